The first-order chi connectivity index (χ1) is 14.7. The number of hydrogen-bond donors (Lipinski definition) is 3. The SMILES string of the molecule is N=Cc1cccc(CNC2CCC(n3c(=O)cnc4cnc5[nH]ccc5c43)CC2)c1. The van der Waals surface area contributed by atoms with Gasteiger partial charge in [0, 0.05) is 36.4 Å². The second-order valence-electron chi connectivity index (χ2n) is 7.97. The molecule has 1 fully saturated rings. The van der Waals surface area contributed by atoms with Gasteiger partial charge >= 0.3 is 0 Å². The molecule has 0 amide bonds. The fraction of sp³-hybridized carbons (Fsp3) is 0.304. The molecule has 0 unspecified atom stereocenters. The highest BCUT2D eigenvalue weighted by atomic mass is 16.1. The van der Waals surface area contributed by atoms with Gasteiger partial charge < -0.3 is 20.3 Å². The molecule has 5 rings (SSSR count). The Labute approximate surface area is 173 Å². The summed E-state index contributed by atoms with van der Waals surface area (Å²) in [6.07, 6.45) is 10.3. The van der Waals surface area contributed by atoms with Gasteiger partial charge in [0.05, 0.1) is 17.9 Å². The van der Waals surface area contributed by atoms with Crippen LogP contribution in [0.5, 0.6) is 0 Å². The summed E-state index contributed by atoms with van der Waals surface area (Å²) < 4.78 is 1.93. The lowest BCUT2D eigenvalue weighted by atomic mass is 9.90. The molecule has 30 heavy (non-hydrogen) atoms. The number of aromatic nitrogens is 4. The number of nitrogens with zero attached hydrogens (tertiary/aromatic N) is 3. The number of fused-ring (bicyclic) bond motifs is 3. The van der Waals surface area contributed by atoms with Crippen molar-refractivity contribution in [3.05, 3.63) is 70.4 Å². The molecule has 3 aromatic heterocycles. The zero-order valence-corrected chi connectivity index (χ0v) is 16.6. The Hall–Kier alpha value is -3.32. The van der Waals surface area contributed by atoms with Crippen LogP contribution in [0.3, 0.4) is 0 Å². The maximum absolute atomic E-state index is 12.8. The molecule has 0 bridgehead atoms. The van der Waals surface area contributed by atoms with Crippen molar-refractivity contribution in [2.45, 2.75) is 44.3 Å². The molecule has 1 saturated carbocycles. The van der Waals surface area contributed by atoms with Gasteiger partial charge in [0.1, 0.15) is 11.2 Å². The Kier molecular flexibility index (Phi) is 4.88. The summed E-state index contributed by atoms with van der Waals surface area (Å²) >= 11 is 0. The lowest BCUT2D eigenvalue weighted by molar-refractivity contribution is 0.290. The van der Waals surface area contributed by atoms with Gasteiger partial charge in [-0.15, -0.1) is 0 Å². The van der Waals surface area contributed by atoms with Crippen LogP contribution in [0.2, 0.25) is 0 Å². The van der Waals surface area contributed by atoms with E-state index in [-0.39, 0.29) is 11.6 Å². The molecule has 3 heterocycles. The maximum atomic E-state index is 12.8. The van der Waals surface area contributed by atoms with Gasteiger partial charge in [-0.2, -0.15) is 0 Å². The van der Waals surface area contributed by atoms with Crippen LogP contribution in [0.15, 0.2) is 53.7 Å². The second-order valence-corrected chi connectivity index (χ2v) is 7.97. The maximum Gasteiger partial charge on any atom is 0.269 e. The van der Waals surface area contributed by atoms with Crippen molar-refractivity contribution in [1.82, 2.24) is 24.8 Å². The van der Waals surface area contributed by atoms with Crippen molar-refractivity contribution in [3.8, 4) is 0 Å². The minimum atomic E-state index is -0.0453. The van der Waals surface area contributed by atoms with E-state index in [9.17, 15) is 4.79 Å². The molecule has 152 valence electrons. The van der Waals surface area contributed by atoms with Crippen molar-refractivity contribution in [2.75, 3.05) is 0 Å². The molecule has 0 radical (unpaired) electrons. The van der Waals surface area contributed by atoms with E-state index in [1.54, 1.807) is 6.20 Å². The number of aromatic amines is 1. The number of benzene rings is 1. The lowest BCUT2D eigenvalue weighted by Crippen LogP contribution is -2.35. The van der Waals surface area contributed by atoms with Gasteiger partial charge in [0.25, 0.3) is 5.56 Å². The van der Waals surface area contributed by atoms with Crippen LogP contribution in [0.25, 0.3) is 22.1 Å². The zero-order chi connectivity index (χ0) is 20.5. The smallest absolute Gasteiger partial charge is 0.269 e. The van der Waals surface area contributed by atoms with E-state index in [4.69, 9.17) is 5.41 Å². The van der Waals surface area contributed by atoms with Crippen LogP contribution in [-0.2, 0) is 6.54 Å². The highest BCUT2D eigenvalue weighted by Crippen LogP contribution is 2.31. The Morgan fingerprint density at radius 2 is 2.03 bits per heavy atom. The Balaban J connectivity index is 1.34. The zero-order valence-electron chi connectivity index (χ0n) is 16.6. The largest absolute Gasteiger partial charge is 0.346 e. The van der Waals surface area contributed by atoms with Crippen LogP contribution in [0, 0.1) is 5.41 Å². The van der Waals surface area contributed by atoms with Crippen molar-refractivity contribution in [1.29, 1.82) is 5.41 Å². The van der Waals surface area contributed by atoms with Gasteiger partial charge in [-0.25, -0.2) is 9.97 Å². The minimum absolute atomic E-state index is 0.0453. The molecule has 0 spiro atoms. The van der Waals surface area contributed by atoms with Gasteiger partial charge in [-0.05, 0) is 48.9 Å². The summed E-state index contributed by atoms with van der Waals surface area (Å²) in [7, 11) is 0. The van der Waals surface area contributed by atoms with Crippen LogP contribution in [0.4, 0.5) is 0 Å². The molecule has 1 aliphatic rings. The first-order valence-electron chi connectivity index (χ1n) is 10.4. The summed E-state index contributed by atoms with van der Waals surface area (Å²) in [4.78, 5) is 24.6. The minimum Gasteiger partial charge on any atom is -0.346 e. The van der Waals surface area contributed by atoms with E-state index in [0.29, 0.717) is 6.04 Å². The Morgan fingerprint density at radius 1 is 1.17 bits per heavy atom. The van der Waals surface area contributed by atoms with Crippen molar-refractivity contribution in [3.63, 3.8) is 0 Å². The lowest BCUT2D eigenvalue weighted by Gasteiger charge is -2.31. The molecule has 0 saturated heterocycles. The standard InChI is InChI=1S/C23H24N6O/c24-11-15-2-1-3-16(10-15)12-26-17-4-6-18(7-5-17)29-21(30)14-27-20-13-28-23-19(22(20)29)8-9-25-23/h1-3,8-11,13-14,17-18,24,26H,4-7,12H2,(H,25,28). The number of H-pyrrole nitrogens is 1. The molecule has 0 atom stereocenters. The summed E-state index contributed by atoms with van der Waals surface area (Å²) in [5.41, 5.74) is 4.49. The Bertz CT molecular complexity index is 1270. The molecule has 3 N–H and O–H groups in total. The van der Waals surface area contributed by atoms with Gasteiger partial charge in [0.2, 0.25) is 0 Å². The highest BCUT2D eigenvalue weighted by Gasteiger charge is 2.25. The third-order valence-electron chi connectivity index (χ3n) is 6.11. The molecule has 0 aliphatic heterocycles. The predicted molar refractivity (Wildman–Crippen MR) is 118 cm³/mol. The third-order valence-corrected chi connectivity index (χ3v) is 6.11. The molecule has 7 nitrogen and oxygen atoms in total. The van der Waals surface area contributed by atoms with Crippen LogP contribution >= 0.6 is 0 Å². The van der Waals surface area contributed by atoms with Crippen molar-refractivity contribution >= 4 is 28.3 Å². The Morgan fingerprint density at radius 3 is 2.87 bits per heavy atom. The molecular formula is C23H24N6O. The first kappa shape index (κ1) is 18.7. The quantitative estimate of drug-likeness (QED) is 0.446. The first-order valence-corrected chi connectivity index (χ1v) is 10.4. The highest BCUT2D eigenvalue weighted by molar-refractivity contribution is 6.00. The fourth-order valence-electron chi connectivity index (χ4n) is 4.58. The molecule has 4 aromatic rings. The van der Waals surface area contributed by atoms with E-state index < -0.39 is 0 Å². The predicted octanol–water partition coefficient (Wildman–Crippen LogP) is 3.54. The van der Waals surface area contributed by atoms with E-state index in [1.165, 1.54) is 18.0 Å². The van der Waals surface area contributed by atoms with E-state index >= 15 is 0 Å². The van der Waals surface area contributed by atoms with E-state index in [1.807, 2.05) is 35.0 Å². The van der Waals surface area contributed by atoms with E-state index in [0.717, 1.165) is 59.9 Å². The van der Waals surface area contributed by atoms with Gasteiger partial charge in [-0.3, -0.25) is 4.79 Å². The van der Waals surface area contributed by atoms with Crippen LogP contribution < -0.4 is 10.9 Å². The van der Waals surface area contributed by atoms with Crippen molar-refractivity contribution < 1.29 is 0 Å². The van der Waals surface area contributed by atoms with Crippen molar-refractivity contribution in [2.24, 2.45) is 0 Å². The molecular weight excluding hydrogens is 376 g/mol. The molecule has 1 aliphatic carbocycles. The van der Waals surface area contributed by atoms with Gasteiger partial charge in [0.15, 0.2) is 0 Å². The number of rotatable bonds is 5. The van der Waals surface area contributed by atoms with Crippen LogP contribution in [-0.4, -0.2) is 31.8 Å². The molecule has 1 aromatic carbocycles. The second kappa shape index (κ2) is 7.84. The summed E-state index contributed by atoms with van der Waals surface area (Å²) in [6.45, 7) is 0.796. The monoisotopic (exact) mass is 400 g/mol. The fourth-order valence-corrected chi connectivity index (χ4v) is 4.58. The number of nitrogens with one attached hydrogen (secondary N) is 3. The summed E-state index contributed by atoms with van der Waals surface area (Å²) in [6, 6.07) is 10.6. The average molecular weight is 400 g/mol. The third kappa shape index (κ3) is 3.41. The average Bonchev–Trinajstić information content (AvgIpc) is 3.27. The summed E-state index contributed by atoms with van der Waals surface area (Å²) in [5, 5.41) is 12.0. The topological polar surface area (TPSA) is 99.5 Å². The van der Waals surface area contributed by atoms with Gasteiger partial charge in [-0.1, -0.05) is 18.2 Å². The number of hydrogen-bond acceptors (Lipinski definition) is 5. The normalized spacial score (nSPS) is 19.3. The van der Waals surface area contributed by atoms with E-state index in [2.05, 4.69) is 26.3 Å². The van der Waals surface area contributed by atoms with Crippen LogP contribution in [0.1, 0.15) is 42.9 Å². The summed E-state index contributed by atoms with van der Waals surface area (Å²) in [5.74, 6) is 0. The number of pyridine rings is 1. The molecule has 7 heteroatoms.